The number of hydrazone groups is 1. The molecule has 0 aliphatic carbocycles. The molecule has 0 atom stereocenters. The third-order valence-electron chi connectivity index (χ3n) is 3.94. The molecule has 0 bridgehead atoms. The number of aromatic nitrogens is 2. The number of hydrogen-bond acceptors (Lipinski definition) is 6. The number of nitrogens with zero attached hydrogens (tertiary/aromatic N) is 4. The van der Waals surface area contributed by atoms with E-state index in [1.165, 1.54) is 12.0 Å². The summed E-state index contributed by atoms with van der Waals surface area (Å²) in [4.78, 5) is 10.8. The molecular weight excluding hydrogens is 302 g/mol. The van der Waals surface area contributed by atoms with Crippen molar-refractivity contribution in [3.63, 3.8) is 0 Å². The van der Waals surface area contributed by atoms with Crippen LogP contribution in [0.2, 0.25) is 0 Å². The van der Waals surface area contributed by atoms with Crippen LogP contribution >= 0.6 is 0 Å². The lowest BCUT2D eigenvalue weighted by molar-refractivity contribution is 0.351. The Balaban J connectivity index is 1.41. The number of rotatable bonds is 4. The highest BCUT2D eigenvalue weighted by atomic mass is 16.3. The molecule has 1 aliphatic heterocycles. The first-order chi connectivity index (χ1) is 11.8. The van der Waals surface area contributed by atoms with E-state index in [-0.39, 0.29) is 0 Å². The van der Waals surface area contributed by atoms with E-state index in [9.17, 15) is 0 Å². The SMILES string of the molecule is CN1Cc2ccc(C=NNc3ccc(-c4cnco4)cc3)nc2C1. The van der Waals surface area contributed by atoms with Crippen molar-refractivity contribution in [1.82, 2.24) is 14.9 Å². The summed E-state index contributed by atoms with van der Waals surface area (Å²) in [5.74, 6) is 0.748. The van der Waals surface area contributed by atoms with Crippen LogP contribution in [0, 0.1) is 0 Å². The van der Waals surface area contributed by atoms with Gasteiger partial charge in [0.15, 0.2) is 12.2 Å². The van der Waals surface area contributed by atoms with Crippen LogP contribution in [0.1, 0.15) is 17.0 Å². The number of hydrogen-bond donors (Lipinski definition) is 1. The third-order valence-corrected chi connectivity index (χ3v) is 3.94. The Kier molecular flexibility index (Phi) is 3.80. The van der Waals surface area contributed by atoms with Crippen molar-refractivity contribution in [2.75, 3.05) is 12.5 Å². The molecule has 0 spiro atoms. The smallest absolute Gasteiger partial charge is 0.181 e. The van der Waals surface area contributed by atoms with Crippen LogP contribution < -0.4 is 5.43 Å². The summed E-state index contributed by atoms with van der Waals surface area (Å²) in [6, 6.07) is 11.9. The number of nitrogens with one attached hydrogen (secondary N) is 1. The standard InChI is InChI=1S/C18H17N5O/c1-23-10-14-4-7-16(21-17(14)11-23)8-20-22-15-5-2-13(3-6-15)18-9-19-12-24-18/h2-9,12,22H,10-11H2,1H3. The van der Waals surface area contributed by atoms with E-state index in [2.05, 4.69) is 38.5 Å². The Hall–Kier alpha value is -2.99. The summed E-state index contributed by atoms with van der Waals surface area (Å²) in [6.45, 7) is 1.86. The van der Waals surface area contributed by atoms with Gasteiger partial charge in [-0.25, -0.2) is 4.98 Å². The Morgan fingerprint density at radius 1 is 1.17 bits per heavy atom. The summed E-state index contributed by atoms with van der Waals surface area (Å²) >= 11 is 0. The maximum atomic E-state index is 5.27. The number of oxazole rings is 1. The number of fused-ring (bicyclic) bond motifs is 1. The van der Waals surface area contributed by atoms with Gasteiger partial charge in [0.05, 0.1) is 29.5 Å². The molecule has 1 N–H and O–H groups in total. The largest absolute Gasteiger partial charge is 0.444 e. The number of pyridine rings is 1. The van der Waals surface area contributed by atoms with E-state index in [1.54, 1.807) is 12.4 Å². The van der Waals surface area contributed by atoms with Gasteiger partial charge in [0.25, 0.3) is 0 Å². The first kappa shape index (κ1) is 14.6. The van der Waals surface area contributed by atoms with Crippen LogP contribution in [-0.2, 0) is 13.1 Å². The summed E-state index contributed by atoms with van der Waals surface area (Å²) in [7, 11) is 2.10. The second-order valence-corrected chi connectivity index (χ2v) is 5.83. The quantitative estimate of drug-likeness (QED) is 0.591. The van der Waals surface area contributed by atoms with E-state index in [4.69, 9.17) is 4.42 Å². The molecule has 3 aromatic rings. The summed E-state index contributed by atoms with van der Waals surface area (Å²) in [5.41, 5.74) is 8.18. The lowest BCUT2D eigenvalue weighted by Crippen LogP contribution is -2.07. The van der Waals surface area contributed by atoms with Crippen LogP contribution in [0.4, 0.5) is 5.69 Å². The van der Waals surface area contributed by atoms with Gasteiger partial charge >= 0.3 is 0 Å². The molecular formula is C18H17N5O. The Morgan fingerprint density at radius 2 is 2.04 bits per heavy atom. The monoisotopic (exact) mass is 319 g/mol. The fourth-order valence-electron chi connectivity index (χ4n) is 2.74. The van der Waals surface area contributed by atoms with Gasteiger partial charge in [-0.1, -0.05) is 6.07 Å². The van der Waals surface area contributed by atoms with E-state index in [0.717, 1.165) is 41.5 Å². The Morgan fingerprint density at radius 3 is 2.83 bits per heavy atom. The second kappa shape index (κ2) is 6.25. The zero-order valence-corrected chi connectivity index (χ0v) is 13.3. The van der Waals surface area contributed by atoms with Gasteiger partial charge < -0.3 is 4.42 Å². The summed E-state index contributed by atoms with van der Waals surface area (Å²) in [6.07, 6.45) is 4.85. The third kappa shape index (κ3) is 3.04. The molecule has 0 amide bonds. The first-order valence-electron chi connectivity index (χ1n) is 7.73. The van der Waals surface area contributed by atoms with Gasteiger partial charge in [-0.15, -0.1) is 0 Å². The molecule has 4 rings (SSSR count). The van der Waals surface area contributed by atoms with Gasteiger partial charge in [-0.3, -0.25) is 15.3 Å². The number of benzene rings is 1. The molecule has 120 valence electrons. The maximum Gasteiger partial charge on any atom is 0.181 e. The van der Waals surface area contributed by atoms with Crippen molar-refractivity contribution in [2.24, 2.45) is 5.10 Å². The topological polar surface area (TPSA) is 66.5 Å². The van der Waals surface area contributed by atoms with Crippen LogP contribution in [0.3, 0.4) is 0 Å². The van der Waals surface area contributed by atoms with Gasteiger partial charge in [-0.2, -0.15) is 5.10 Å². The van der Waals surface area contributed by atoms with Crippen molar-refractivity contribution in [1.29, 1.82) is 0 Å². The predicted molar refractivity (Wildman–Crippen MR) is 92.6 cm³/mol. The Labute approximate surface area is 139 Å². The highest BCUT2D eigenvalue weighted by molar-refractivity contribution is 5.78. The van der Waals surface area contributed by atoms with Crippen molar-refractivity contribution >= 4 is 11.9 Å². The van der Waals surface area contributed by atoms with Crippen LogP contribution in [0.25, 0.3) is 11.3 Å². The van der Waals surface area contributed by atoms with Gasteiger partial charge in [0, 0.05) is 18.7 Å². The maximum absolute atomic E-state index is 5.27. The minimum atomic E-state index is 0.748. The molecule has 0 radical (unpaired) electrons. The van der Waals surface area contributed by atoms with Crippen LogP contribution in [0.15, 0.2) is 58.5 Å². The highest BCUT2D eigenvalue weighted by Crippen LogP contribution is 2.21. The normalized spacial score (nSPS) is 14.2. The summed E-state index contributed by atoms with van der Waals surface area (Å²) in [5, 5.41) is 4.26. The zero-order valence-electron chi connectivity index (χ0n) is 13.3. The van der Waals surface area contributed by atoms with Crippen LogP contribution in [0.5, 0.6) is 0 Å². The molecule has 0 saturated carbocycles. The van der Waals surface area contributed by atoms with E-state index in [0.29, 0.717) is 0 Å². The molecule has 1 aromatic carbocycles. The minimum Gasteiger partial charge on any atom is -0.444 e. The van der Waals surface area contributed by atoms with Gasteiger partial charge in [0.2, 0.25) is 0 Å². The van der Waals surface area contributed by atoms with E-state index in [1.807, 2.05) is 30.3 Å². The molecule has 0 unspecified atom stereocenters. The molecule has 3 heterocycles. The second-order valence-electron chi connectivity index (χ2n) is 5.83. The predicted octanol–water partition coefficient (Wildman–Crippen LogP) is 3.13. The molecule has 2 aromatic heterocycles. The fraction of sp³-hybridized carbons (Fsp3) is 0.167. The molecule has 6 nitrogen and oxygen atoms in total. The Bertz CT molecular complexity index is 856. The zero-order chi connectivity index (χ0) is 16.4. The molecule has 24 heavy (non-hydrogen) atoms. The van der Waals surface area contributed by atoms with Crippen molar-refractivity contribution in [3.05, 3.63) is 65.9 Å². The van der Waals surface area contributed by atoms with Crippen molar-refractivity contribution in [3.8, 4) is 11.3 Å². The van der Waals surface area contributed by atoms with Gasteiger partial charge in [-0.05, 0) is 42.9 Å². The lowest BCUT2D eigenvalue weighted by atomic mass is 10.2. The molecule has 0 saturated heterocycles. The first-order valence-corrected chi connectivity index (χ1v) is 7.73. The highest BCUT2D eigenvalue weighted by Gasteiger charge is 2.16. The molecule has 6 heteroatoms. The summed E-state index contributed by atoms with van der Waals surface area (Å²) < 4.78 is 5.27. The number of anilines is 1. The molecule has 1 aliphatic rings. The molecule has 0 fully saturated rings. The fourth-order valence-corrected chi connectivity index (χ4v) is 2.74. The minimum absolute atomic E-state index is 0.748. The van der Waals surface area contributed by atoms with Crippen molar-refractivity contribution < 1.29 is 4.42 Å². The van der Waals surface area contributed by atoms with E-state index >= 15 is 0 Å². The lowest BCUT2D eigenvalue weighted by Gasteiger charge is -2.02. The average molecular weight is 319 g/mol. The van der Waals surface area contributed by atoms with E-state index < -0.39 is 0 Å². The van der Waals surface area contributed by atoms with Crippen LogP contribution in [-0.4, -0.2) is 28.1 Å². The average Bonchev–Trinajstić information content (AvgIpc) is 3.24. The van der Waals surface area contributed by atoms with Gasteiger partial charge in [0.1, 0.15) is 0 Å². The van der Waals surface area contributed by atoms with Crippen molar-refractivity contribution in [2.45, 2.75) is 13.1 Å².